The second kappa shape index (κ2) is 5.46. The molecule has 1 saturated heterocycles. The van der Waals surface area contributed by atoms with E-state index < -0.39 is 0 Å². The average molecular weight is 260 g/mol. The van der Waals surface area contributed by atoms with Crippen molar-refractivity contribution in [2.24, 2.45) is 0 Å². The quantitative estimate of drug-likeness (QED) is 0.826. The fourth-order valence-electron chi connectivity index (χ4n) is 2.31. The number of hydrogen-bond donors (Lipinski definition) is 0. The summed E-state index contributed by atoms with van der Waals surface area (Å²) in [4.78, 5) is 10.8. The molecule has 19 heavy (non-hydrogen) atoms. The number of morpholine rings is 1. The molecule has 6 nitrogen and oxygen atoms in total. The van der Waals surface area contributed by atoms with Gasteiger partial charge in [-0.05, 0) is 18.6 Å². The number of nitrogens with zero attached hydrogens (tertiary/aromatic N) is 4. The zero-order valence-corrected chi connectivity index (χ0v) is 10.8. The lowest BCUT2D eigenvalue weighted by Gasteiger charge is -2.32. The van der Waals surface area contributed by atoms with Crippen LogP contribution >= 0.6 is 0 Å². The third kappa shape index (κ3) is 2.64. The summed E-state index contributed by atoms with van der Waals surface area (Å²) in [6, 6.07) is 3.91. The number of aryl methyl sites for hydroxylation is 1. The van der Waals surface area contributed by atoms with E-state index in [0.717, 1.165) is 31.9 Å². The van der Waals surface area contributed by atoms with Gasteiger partial charge >= 0.3 is 0 Å². The van der Waals surface area contributed by atoms with E-state index in [1.54, 1.807) is 6.20 Å². The normalized spacial score (nSPS) is 18.4. The predicted molar refractivity (Wildman–Crippen MR) is 67.5 cm³/mol. The fraction of sp³-hybridized carbons (Fsp3) is 0.462. The highest BCUT2D eigenvalue weighted by atomic mass is 16.5. The minimum Gasteiger partial charge on any atom is -0.379 e. The molecule has 0 bridgehead atoms. The first-order valence-electron chi connectivity index (χ1n) is 6.36. The standard InChI is InChI=1S/C13H16N4O2/c1-10-15-13(19-16-10)12(11-3-2-4-14-9-11)17-5-7-18-8-6-17/h2-4,9,12H,5-8H2,1H3/t12-/m0/s1. The van der Waals surface area contributed by atoms with E-state index in [9.17, 15) is 0 Å². The smallest absolute Gasteiger partial charge is 0.248 e. The van der Waals surface area contributed by atoms with Crippen LogP contribution in [0.1, 0.15) is 23.3 Å². The Morgan fingerprint density at radius 1 is 1.32 bits per heavy atom. The molecular weight excluding hydrogens is 244 g/mol. The van der Waals surface area contributed by atoms with Crippen molar-refractivity contribution >= 4 is 0 Å². The van der Waals surface area contributed by atoms with Crippen molar-refractivity contribution in [2.45, 2.75) is 13.0 Å². The number of hydrogen-bond acceptors (Lipinski definition) is 6. The molecule has 1 fully saturated rings. The summed E-state index contributed by atoms with van der Waals surface area (Å²) in [5.74, 6) is 1.27. The molecule has 0 spiro atoms. The Balaban J connectivity index is 1.95. The zero-order chi connectivity index (χ0) is 13.1. The molecule has 2 aromatic rings. The number of pyridine rings is 1. The van der Waals surface area contributed by atoms with E-state index >= 15 is 0 Å². The van der Waals surface area contributed by atoms with Crippen LogP contribution in [0.15, 0.2) is 29.0 Å². The van der Waals surface area contributed by atoms with Gasteiger partial charge in [-0.2, -0.15) is 4.98 Å². The third-order valence-electron chi connectivity index (χ3n) is 3.19. The SMILES string of the molecule is Cc1noc([C@H](c2cccnc2)N2CCOCC2)n1. The molecule has 100 valence electrons. The lowest BCUT2D eigenvalue weighted by molar-refractivity contribution is 0.0180. The molecule has 0 unspecified atom stereocenters. The van der Waals surface area contributed by atoms with E-state index in [-0.39, 0.29) is 6.04 Å². The number of ether oxygens (including phenoxy) is 1. The molecule has 2 aromatic heterocycles. The average Bonchev–Trinajstić information content (AvgIpc) is 2.88. The van der Waals surface area contributed by atoms with Crippen molar-refractivity contribution in [1.82, 2.24) is 20.0 Å². The van der Waals surface area contributed by atoms with E-state index in [4.69, 9.17) is 9.26 Å². The number of rotatable bonds is 3. The molecule has 0 radical (unpaired) electrons. The highest BCUT2D eigenvalue weighted by Crippen LogP contribution is 2.27. The van der Waals surface area contributed by atoms with E-state index in [2.05, 4.69) is 20.0 Å². The summed E-state index contributed by atoms with van der Waals surface area (Å²) in [5, 5.41) is 3.89. The van der Waals surface area contributed by atoms with Gasteiger partial charge in [0.05, 0.1) is 13.2 Å². The summed E-state index contributed by atoms with van der Waals surface area (Å²) < 4.78 is 10.8. The van der Waals surface area contributed by atoms with Crippen LogP contribution in [0.25, 0.3) is 0 Å². The first kappa shape index (κ1) is 12.3. The summed E-state index contributed by atoms with van der Waals surface area (Å²) in [7, 11) is 0. The second-order valence-corrected chi connectivity index (χ2v) is 4.52. The molecule has 0 N–H and O–H groups in total. The topological polar surface area (TPSA) is 64.3 Å². The molecule has 0 amide bonds. The monoisotopic (exact) mass is 260 g/mol. The predicted octanol–water partition coefficient (Wildman–Crippen LogP) is 1.19. The molecule has 3 heterocycles. The fourth-order valence-corrected chi connectivity index (χ4v) is 2.31. The second-order valence-electron chi connectivity index (χ2n) is 4.52. The molecule has 0 saturated carbocycles. The molecule has 1 aliphatic heterocycles. The zero-order valence-electron chi connectivity index (χ0n) is 10.8. The van der Waals surface area contributed by atoms with Gasteiger partial charge in [0.15, 0.2) is 5.82 Å². The van der Waals surface area contributed by atoms with Gasteiger partial charge in [-0.3, -0.25) is 9.88 Å². The minimum absolute atomic E-state index is 0.0428. The largest absolute Gasteiger partial charge is 0.379 e. The third-order valence-corrected chi connectivity index (χ3v) is 3.19. The first-order chi connectivity index (χ1) is 9.34. The van der Waals surface area contributed by atoms with Gasteiger partial charge in [0.25, 0.3) is 0 Å². The van der Waals surface area contributed by atoms with Crippen LogP contribution in [-0.2, 0) is 4.74 Å². The Morgan fingerprint density at radius 2 is 2.16 bits per heavy atom. The van der Waals surface area contributed by atoms with E-state index in [0.29, 0.717) is 11.7 Å². The van der Waals surface area contributed by atoms with Crippen molar-refractivity contribution < 1.29 is 9.26 Å². The van der Waals surface area contributed by atoms with Gasteiger partial charge in [0.1, 0.15) is 6.04 Å². The molecule has 3 rings (SSSR count). The van der Waals surface area contributed by atoms with Crippen molar-refractivity contribution in [3.63, 3.8) is 0 Å². The number of aromatic nitrogens is 3. The van der Waals surface area contributed by atoms with Crippen LogP contribution in [0.5, 0.6) is 0 Å². The lowest BCUT2D eigenvalue weighted by Crippen LogP contribution is -2.39. The Morgan fingerprint density at radius 3 is 2.79 bits per heavy atom. The van der Waals surface area contributed by atoms with Crippen molar-refractivity contribution in [2.75, 3.05) is 26.3 Å². The van der Waals surface area contributed by atoms with E-state index in [1.807, 2.05) is 25.3 Å². The van der Waals surface area contributed by atoms with Crippen molar-refractivity contribution in [3.05, 3.63) is 41.8 Å². The maximum Gasteiger partial charge on any atom is 0.248 e. The molecule has 6 heteroatoms. The Kier molecular flexibility index (Phi) is 3.52. The summed E-state index contributed by atoms with van der Waals surface area (Å²) >= 11 is 0. The first-order valence-corrected chi connectivity index (χ1v) is 6.36. The van der Waals surface area contributed by atoms with Gasteiger partial charge < -0.3 is 9.26 Å². The lowest BCUT2D eigenvalue weighted by atomic mass is 10.1. The van der Waals surface area contributed by atoms with Crippen molar-refractivity contribution in [1.29, 1.82) is 0 Å². The van der Waals surface area contributed by atoms with Crippen LogP contribution in [0.4, 0.5) is 0 Å². The van der Waals surface area contributed by atoms with E-state index in [1.165, 1.54) is 0 Å². The van der Waals surface area contributed by atoms with Crippen LogP contribution in [0, 0.1) is 6.92 Å². The molecule has 1 atom stereocenters. The van der Waals surface area contributed by atoms with Crippen molar-refractivity contribution in [3.8, 4) is 0 Å². The van der Waals surface area contributed by atoms with Crippen LogP contribution in [0.2, 0.25) is 0 Å². The highest BCUT2D eigenvalue weighted by Gasteiger charge is 2.28. The highest BCUT2D eigenvalue weighted by molar-refractivity contribution is 5.20. The van der Waals surface area contributed by atoms with Gasteiger partial charge in [-0.1, -0.05) is 11.2 Å². The Labute approximate surface area is 111 Å². The Hall–Kier alpha value is -1.79. The maximum absolute atomic E-state index is 5.40. The minimum atomic E-state index is -0.0428. The summed E-state index contributed by atoms with van der Waals surface area (Å²) in [6.07, 6.45) is 3.61. The van der Waals surface area contributed by atoms with Gasteiger partial charge in [0.2, 0.25) is 5.89 Å². The molecular formula is C13H16N4O2. The Bertz CT molecular complexity index is 522. The van der Waals surface area contributed by atoms with Crippen LogP contribution < -0.4 is 0 Å². The molecule has 0 aromatic carbocycles. The summed E-state index contributed by atoms with van der Waals surface area (Å²) in [6.45, 7) is 4.97. The van der Waals surface area contributed by atoms with Crippen LogP contribution in [0.3, 0.4) is 0 Å². The van der Waals surface area contributed by atoms with Gasteiger partial charge in [-0.25, -0.2) is 0 Å². The van der Waals surface area contributed by atoms with Gasteiger partial charge in [-0.15, -0.1) is 0 Å². The summed E-state index contributed by atoms with van der Waals surface area (Å²) in [5.41, 5.74) is 1.06. The van der Waals surface area contributed by atoms with Gasteiger partial charge in [0, 0.05) is 25.5 Å². The van der Waals surface area contributed by atoms with Crippen LogP contribution in [-0.4, -0.2) is 46.3 Å². The molecule has 0 aliphatic carbocycles. The molecule has 1 aliphatic rings. The maximum atomic E-state index is 5.40.